The largest absolute Gasteiger partial charge is 0.465 e. The summed E-state index contributed by atoms with van der Waals surface area (Å²) < 4.78 is 1.60. The molecule has 7 N–H and O–H groups in total. The highest BCUT2D eigenvalue weighted by Gasteiger charge is 2.36. The number of carbonyl (C=O) groups excluding carboxylic acids is 2. The minimum atomic E-state index is -1.59. The van der Waals surface area contributed by atoms with Crippen LogP contribution in [-0.2, 0) is 21.7 Å². The number of aliphatic hydroxyl groups excluding tert-OH is 1. The average molecular weight is 532 g/mol. The van der Waals surface area contributed by atoms with E-state index in [1.807, 2.05) is 30.3 Å². The van der Waals surface area contributed by atoms with E-state index in [0.717, 1.165) is 5.56 Å². The molecule has 0 bridgehead atoms. The molecule has 13 nitrogen and oxygen atoms in total. The molecule has 38 heavy (non-hydrogen) atoms. The van der Waals surface area contributed by atoms with Crippen LogP contribution in [0.25, 0.3) is 0 Å². The summed E-state index contributed by atoms with van der Waals surface area (Å²) in [6.45, 7) is 4.17. The number of amides is 3. The maximum Gasteiger partial charge on any atom is 0.407 e. The summed E-state index contributed by atoms with van der Waals surface area (Å²) >= 11 is 0. The molecule has 0 saturated carbocycles. The normalized spacial score (nSPS) is 19.1. The molecule has 0 radical (unpaired) electrons. The molecule has 0 spiro atoms. The second-order valence-corrected chi connectivity index (χ2v) is 10.1. The first-order valence-corrected chi connectivity index (χ1v) is 12.6. The predicted molar refractivity (Wildman–Crippen MR) is 137 cm³/mol. The number of aromatic nitrogens is 3. The summed E-state index contributed by atoms with van der Waals surface area (Å²) in [6.07, 6.45) is 0.361. The number of benzene rings is 1. The number of hydrogen-bond acceptors (Lipinski definition) is 8. The Labute approximate surface area is 221 Å². The SMILES string of the molecule is CC(C)(O)c1cnnn1[C@@H]1CN[C@H](C(=O)NC(CCCCN(Cc2ccccc2)C(=O)O)C(O)C(N)=O)C1. The number of aliphatic hydroxyl groups is 2. The maximum atomic E-state index is 13.0. The van der Waals surface area contributed by atoms with Gasteiger partial charge in [0.1, 0.15) is 5.60 Å². The first kappa shape index (κ1) is 29.0. The number of rotatable bonds is 13. The van der Waals surface area contributed by atoms with Gasteiger partial charge in [-0.1, -0.05) is 35.5 Å². The molecule has 0 aliphatic carbocycles. The lowest BCUT2D eigenvalue weighted by atomic mass is 10.0. The van der Waals surface area contributed by atoms with Crippen LogP contribution in [-0.4, -0.2) is 84.4 Å². The van der Waals surface area contributed by atoms with Gasteiger partial charge < -0.3 is 36.6 Å². The van der Waals surface area contributed by atoms with Crippen molar-refractivity contribution in [2.75, 3.05) is 13.1 Å². The lowest BCUT2D eigenvalue weighted by Gasteiger charge is -2.25. The van der Waals surface area contributed by atoms with Gasteiger partial charge >= 0.3 is 6.09 Å². The van der Waals surface area contributed by atoms with E-state index in [1.54, 1.807) is 18.5 Å². The Balaban J connectivity index is 1.54. The Morgan fingerprint density at radius 1 is 1.26 bits per heavy atom. The average Bonchev–Trinajstić information content (AvgIpc) is 3.55. The van der Waals surface area contributed by atoms with E-state index in [0.29, 0.717) is 31.5 Å². The van der Waals surface area contributed by atoms with Crippen molar-refractivity contribution in [3.05, 3.63) is 47.8 Å². The van der Waals surface area contributed by atoms with Crippen LogP contribution in [0.4, 0.5) is 4.79 Å². The van der Waals surface area contributed by atoms with Crippen LogP contribution in [0.1, 0.15) is 56.8 Å². The zero-order valence-corrected chi connectivity index (χ0v) is 21.7. The second-order valence-electron chi connectivity index (χ2n) is 10.1. The highest BCUT2D eigenvalue weighted by Crippen LogP contribution is 2.26. The van der Waals surface area contributed by atoms with E-state index in [-0.39, 0.29) is 25.6 Å². The molecule has 1 saturated heterocycles. The monoisotopic (exact) mass is 531 g/mol. The van der Waals surface area contributed by atoms with Crippen molar-refractivity contribution >= 4 is 17.9 Å². The predicted octanol–water partition coefficient (Wildman–Crippen LogP) is 0.0900. The molecular formula is C25H37N7O6. The highest BCUT2D eigenvalue weighted by atomic mass is 16.4. The van der Waals surface area contributed by atoms with Crippen LogP contribution in [0.3, 0.4) is 0 Å². The number of nitrogens with zero attached hydrogens (tertiary/aromatic N) is 4. The van der Waals surface area contributed by atoms with E-state index in [1.165, 1.54) is 11.1 Å². The van der Waals surface area contributed by atoms with E-state index >= 15 is 0 Å². The molecule has 2 aromatic rings. The van der Waals surface area contributed by atoms with E-state index in [9.17, 15) is 29.7 Å². The summed E-state index contributed by atoms with van der Waals surface area (Å²) in [5.74, 6) is -1.36. The quantitative estimate of drug-likeness (QED) is 0.194. The first-order valence-electron chi connectivity index (χ1n) is 12.6. The fourth-order valence-electron chi connectivity index (χ4n) is 4.56. The molecule has 1 aromatic carbocycles. The van der Waals surface area contributed by atoms with E-state index < -0.39 is 41.7 Å². The summed E-state index contributed by atoms with van der Waals surface area (Å²) in [7, 11) is 0. The van der Waals surface area contributed by atoms with Crippen LogP contribution in [0.5, 0.6) is 0 Å². The van der Waals surface area contributed by atoms with Crippen molar-refractivity contribution in [1.29, 1.82) is 0 Å². The molecule has 208 valence electrons. The van der Waals surface area contributed by atoms with Gasteiger partial charge in [0.15, 0.2) is 6.10 Å². The van der Waals surface area contributed by atoms with Gasteiger partial charge in [0.05, 0.1) is 30.0 Å². The Morgan fingerprint density at radius 3 is 2.61 bits per heavy atom. The molecule has 4 atom stereocenters. The third kappa shape index (κ3) is 7.73. The number of carboxylic acid groups (broad SMARTS) is 1. The Morgan fingerprint density at radius 2 is 1.97 bits per heavy atom. The lowest BCUT2D eigenvalue weighted by molar-refractivity contribution is -0.130. The fraction of sp³-hybridized carbons (Fsp3) is 0.560. The molecule has 3 rings (SSSR count). The van der Waals surface area contributed by atoms with Crippen molar-refractivity contribution in [2.24, 2.45) is 5.73 Å². The number of nitrogens with one attached hydrogen (secondary N) is 2. The van der Waals surface area contributed by atoms with Crippen molar-refractivity contribution in [2.45, 2.75) is 75.9 Å². The number of primary amides is 1. The fourth-order valence-corrected chi connectivity index (χ4v) is 4.56. The Bertz CT molecular complexity index is 1090. The topological polar surface area (TPSA) is 196 Å². The summed E-state index contributed by atoms with van der Waals surface area (Å²) in [6, 6.07) is 7.47. The zero-order valence-electron chi connectivity index (χ0n) is 21.7. The minimum absolute atomic E-state index is 0.221. The van der Waals surface area contributed by atoms with Crippen LogP contribution < -0.4 is 16.4 Å². The van der Waals surface area contributed by atoms with Crippen LogP contribution in [0.2, 0.25) is 0 Å². The van der Waals surface area contributed by atoms with Gasteiger partial charge in [-0.25, -0.2) is 9.48 Å². The van der Waals surface area contributed by atoms with Crippen LogP contribution >= 0.6 is 0 Å². The zero-order chi connectivity index (χ0) is 27.9. The second kappa shape index (κ2) is 12.8. The smallest absolute Gasteiger partial charge is 0.407 e. The molecule has 13 heteroatoms. The van der Waals surface area contributed by atoms with E-state index in [4.69, 9.17) is 5.73 Å². The van der Waals surface area contributed by atoms with Crippen molar-refractivity contribution in [1.82, 2.24) is 30.5 Å². The van der Waals surface area contributed by atoms with Gasteiger partial charge in [-0.15, -0.1) is 5.10 Å². The maximum absolute atomic E-state index is 13.0. The molecular weight excluding hydrogens is 494 g/mol. The molecule has 3 amide bonds. The van der Waals surface area contributed by atoms with Crippen molar-refractivity contribution < 1.29 is 29.7 Å². The van der Waals surface area contributed by atoms with Gasteiger partial charge in [-0.3, -0.25) is 9.59 Å². The lowest BCUT2D eigenvalue weighted by Crippen LogP contribution is -2.53. The Hall–Kier alpha value is -3.55. The highest BCUT2D eigenvalue weighted by molar-refractivity contribution is 5.84. The third-order valence-corrected chi connectivity index (χ3v) is 6.65. The van der Waals surface area contributed by atoms with Gasteiger partial charge in [-0.2, -0.15) is 0 Å². The van der Waals surface area contributed by atoms with Crippen molar-refractivity contribution in [3.63, 3.8) is 0 Å². The number of unbranched alkanes of at least 4 members (excludes halogenated alkanes) is 1. The van der Waals surface area contributed by atoms with Gasteiger partial charge in [0.2, 0.25) is 11.8 Å². The van der Waals surface area contributed by atoms with Gasteiger partial charge in [0, 0.05) is 19.6 Å². The first-order chi connectivity index (χ1) is 18.0. The molecule has 1 aliphatic heterocycles. The molecule has 1 aromatic heterocycles. The third-order valence-electron chi connectivity index (χ3n) is 6.65. The minimum Gasteiger partial charge on any atom is -0.465 e. The number of nitrogens with two attached hydrogens (primary N) is 1. The summed E-state index contributed by atoms with van der Waals surface area (Å²) in [4.78, 5) is 37.6. The molecule has 1 fully saturated rings. The number of carbonyl (C=O) groups is 3. The molecule has 2 unspecified atom stereocenters. The Kier molecular flexibility index (Phi) is 9.78. The van der Waals surface area contributed by atoms with Crippen LogP contribution in [0.15, 0.2) is 36.5 Å². The summed E-state index contributed by atoms with van der Waals surface area (Å²) in [5.41, 5.74) is 5.54. The number of hydrogen-bond donors (Lipinski definition) is 6. The van der Waals surface area contributed by atoms with E-state index in [2.05, 4.69) is 20.9 Å². The van der Waals surface area contributed by atoms with Gasteiger partial charge in [0.25, 0.3) is 0 Å². The molecule has 2 heterocycles. The van der Waals surface area contributed by atoms with Crippen LogP contribution in [0, 0.1) is 0 Å². The molecule has 1 aliphatic rings. The van der Waals surface area contributed by atoms with Crippen molar-refractivity contribution in [3.8, 4) is 0 Å². The summed E-state index contributed by atoms with van der Waals surface area (Å²) in [5, 5.41) is 44.0. The van der Waals surface area contributed by atoms with Gasteiger partial charge in [-0.05, 0) is 45.1 Å². The standard InChI is InChI=1S/C25H37N7O6/c1-25(2,38)20-14-28-30-32(20)17-12-19(27-13-17)23(35)29-18(21(33)22(26)34)10-6-7-11-31(24(36)37)15-16-8-4-3-5-9-16/h3-5,8-9,14,17-19,21,27,33,38H,6-7,10-13,15H2,1-2H3,(H2,26,34)(H,29,35)(H,36,37)/t17-,18?,19-,21?/m0/s1.